The van der Waals surface area contributed by atoms with Crippen molar-refractivity contribution in [1.82, 2.24) is 5.32 Å². The first kappa shape index (κ1) is 20.2. The molecule has 23 heavy (non-hydrogen) atoms. The molecule has 0 aromatic carbocycles. The highest BCUT2D eigenvalue weighted by Gasteiger charge is 2.31. The second-order valence-electron chi connectivity index (χ2n) is 6.98. The van der Waals surface area contributed by atoms with Crippen LogP contribution in [0.1, 0.15) is 47.0 Å². The third-order valence-electron chi connectivity index (χ3n) is 3.40. The summed E-state index contributed by atoms with van der Waals surface area (Å²) < 4.78 is 21.5. The van der Waals surface area contributed by atoms with Gasteiger partial charge in [0.25, 0.3) is 0 Å². The molecule has 6 heteroatoms. The lowest BCUT2D eigenvalue weighted by Gasteiger charge is -2.35. The highest BCUT2D eigenvalue weighted by molar-refractivity contribution is 5.68. The molecule has 0 spiro atoms. The fourth-order valence-electron chi connectivity index (χ4n) is 2.30. The van der Waals surface area contributed by atoms with Crippen molar-refractivity contribution in [2.75, 3.05) is 39.6 Å². The molecular formula is C17H33NO5. The number of hydrogen-bond donors (Lipinski definition) is 1. The summed E-state index contributed by atoms with van der Waals surface area (Å²) in [5.41, 5.74) is -0.447. The van der Waals surface area contributed by atoms with Gasteiger partial charge < -0.3 is 24.3 Å². The van der Waals surface area contributed by atoms with E-state index in [2.05, 4.69) is 12.2 Å². The number of ether oxygens (including phenoxy) is 4. The maximum Gasteiger partial charge on any atom is 0.407 e. The van der Waals surface area contributed by atoms with Gasteiger partial charge in [-0.15, -0.1) is 0 Å². The molecule has 0 saturated heterocycles. The van der Waals surface area contributed by atoms with E-state index < -0.39 is 5.60 Å². The Balaban J connectivity index is 1.88. The molecule has 0 heterocycles. The first-order chi connectivity index (χ1) is 10.9. The number of carbonyl (C=O) groups excluding carboxylic acids is 1. The van der Waals surface area contributed by atoms with Crippen LogP contribution >= 0.6 is 0 Å². The molecule has 0 atom stereocenters. The summed E-state index contributed by atoms with van der Waals surface area (Å²) in [6.07, 6.45) is 2.60. The zero-order valence-corrected chi connectivity index (χ0v) is 15.1. The van der Waals surface area contributed by atoms with Crippen molar-refractivity contribution in [3.63, 3.8) is 0 Å². The second kappa shape index (κ2) is 10.8. The summed E-state index contributed by atoms with van der Waals surface area (Å²) in [6.45, 7) is 11.7. The Morgan fingerprint density at radius 2 is 1.57 bits per heavy atom. The molecule has 0 bridgehead atoms. The van der Waals surface area contributed by atoms with Crippen LogP contribution in [0.25, 0.3) is 0 Å². The number of amides is 1. The van der Waals surface area contributed by atoms with Gasteiger partial charge >= 0.3 is 6.09 Å². The van der Waals surface area contributed by atoms with E-state index in [4.69, 9.17) is 18.9 Å². The van der Waals surface area contributed by atoms with E-state index >= 15 is 0 Å². The quantitative estimate of drug-likeness (QED) is 0.590. The van der Waals surface area contributed by atoms with Crippen LogP contribution in [0.15, 0.2) is 0 Å². The van der Waals surface area contributed by atoms with Crippen LogP contribution in [0.3, 0.4) is 0 Å². The first-order valence-electron chi connectivity index (χ1n) is 8.63. The highest BCUT2D eigenvalue weighted by atomic mass is 16.6. The molecule has 1 saturated carbocycles. The number of carbonyl (C=O) groups is 1. The molecule has 0 aromatic heterocycles. The molecule has 0 aromatic rings. The fourth-order valence-corrected chi connectivity index (χ4v) is 2.30. The lowest BCUT2D eigenvalue weighted by atomic mass is 9.81. The molecular weight excluding hydrogens is 298 g/mol. The van der Waals surface area contributed by atoms with Crippen LogP contribution in [0, 0.1) is 5.92 Å². The molecule has 1 rings (SSSR count). The number of hydrogen-bond acceptors (Lipinski definition) is 5. The highest BCUT2D eigenvalue weighted by Crippen LogP contribution is 2.27. The molecule has 136 valence electrons. The second-order valence-corrected chi connectivity index (χ2v) is 6.98. The van der Waals surface area contributed by atoms with Crippen LogP contribution in [0.5, 0.6) is 0 Å². The van der Waals surface area contributed by atoms with Crippen molar-refractivity contribution in [3.8, 4) is 0 Å². The molecule has 1 fully saturated rings. The largest absolute Gasteiger partial charge is 0.444 e. The minimum absolute atomic E-state index is 0.213. The van der Waals surface area contributed by atoms with E-state index in [1.165, 1.54) is 0 Å². The van der Waals surface area contributed by atoms with E-state index in [1.54, 1.807) is 0 Å². The van der Waals surface area contributed by atoms with Crippen LogP contribution in [-0.4, -0.2) is 57.4 Å². The summed E-state index contributed by atoms with van der Waals surface area (Å²) in [7, 11) is 0. The van der Waals surface area contributed by atoms with Gasteiger partial charge in [-0.1, -0.05) is 6.92 Å². The summed E-state index contributed by atoms with van der Waals surface area (Å²) in [5, 5.41) is 2.88. The molecule has 6 nitrogen and oxygen atoms in total. The van der Waals surface area contributed by atoms with Crippen molar-refractivity contribution in [3.05, 3.63) is 0 Å². The van der Waals surface area contributed by atoms with Gasteiger partial charge in [0.2, 0.25) is 0 Å². The monoisotopic (exact) mass is 331 g/mol. The fraction of sp³-hybridized carbons (Fsp3) is 0.941. The van der Waals surface area contributed by atoms with Gasteiger partial charge in [0.05, 0.1) is 26.4 Å². The van der Waals surface area contributed by atoms with Gasteiger partial charge in [0, 0.05) is 19.3 Å². The van der Waals surface area contributed by atoms with Crippen molar-refractivity contribution in [1.29, 1.82) is 0 Å². The number of alkyl carbamates (subject to hydrolysis) is 1. The molecule has 0 radical (unpaired) electrons. The molecule has 1 aliphatic rings. The third-order valence-corrected chi connectivity index (χ3v) is 3.40. The maximum absolute atomic E-state index is 11.6. The number of nitrogens with one attached hydrogen (secondary N) is 1. The topological polar surface area (TPSA) is 66.0 Å². The van der Waals surface area contributed by atoms with Gasteiger partial charge in [-0.05, 0) is 46.0 Å². The summed E-state index contributed by atoms with van der Waals surface area (Å²) in [5.74, 6) is 0.517. The van der Waals surface area contributed by atoms with Gasteiger partial charge in [0.15, 0.2) is 0 Å². The predicted molar refractivity (Wildman–Crippen MR) is 88.6 cm³/mol. The van der Waals surface area contributed by atoms with E-state index in [0.29, 0.717) is 32.3 Å². The van der Waals surface area contributed by atoms with Gasteiger partial charge in [-0.25, -0.2) is 4.79 Å². The Bertz CT molecular complexity index is 323. The SMILES string of the molecule is CCCOCCOCCOC[C@H]1C[C@H](NC(=O)OC(C)(C)C)C1. The number of rotatable bonds is 11. The van der Waals surface area contributed by atoms with Gasteiger partial charge in [-0.3, -0.25) is 0 Å². The Labute approximate surface area is 140 Å². The molecule has 0 unspecified atom stereocenters. The normalized spacial score (nSPS) is 20.9. The van der Waals surface area contributed by atoms with Gasteiger partial charge in [-0.2, -0.15) is 0 Å². The smallest absolute Gasteiger partial charge is 0.407 e. The van der Waals surface area contributed by atoms with Crippen LogP contribution in [0.2, 0.25) is 0 Å². The van der Waals surface area contributed by atoms with Gasteiger partial charge in [0.1, 0.15) is 5.60 Å². The Morgan fingerprint density at radius 3 is 2.13 bits per heavy atom. The zero-order valence-electron chi connectivity index (χ0n) is 15.1. The molecule has 1 N–H and O–H groups in total. The summed E-state index contributed by atoms with van der Waals surface area (Å²) >= 11 is 0. The van der Waals surface area contributed by atoms with Crippen LogP contribution < -0.4 is 5.32 Å². The molecule has 1 amide bonds. The molecule has 1 aliphatic carbocycles. The maximum atomic E-state index is 11.6. The molecule has 0 aliphatic heterocycles. The van der Waals surface area contributed by atoms with E-state index in [1.807, 2.05) is 20.8 Å². The average Bonchev–Trinajstić information content (AvgIpc) is 2.40. The zero-order chi connectivity index (χ0) is 17.1. The average molecular weight is 331 g/mol. The predicted octanol–water partition coefficient (Wildman–Crippen LogP) is 2.75. The standard InChI is InChI=1S/C17H33NO5/c1-5-6-20-7-8-21-9-10-22-13-14-11-15(12-14)18-16(19)23-17(2,3)4/h14-15H,5-13H2,1-4H3,(H,18,19)/t14-,15-. The summed E-state index contributed by atoms with van der Waals surface area (Å²) in [4.78, 5) is 11.6. The summed E-state index contributed by atoms with van der Waals surface area (Å²) in [6, 6.07) is 0.213. The van der Waals surface area contributed by atoms with E-state index in [-0.39, 0.29) is 12.1 Å². The van der Waals surface area contributed by atoms with Crippen molar-refractivity contribution >= 4 is 6.09 Å². The Kier molecular flexibility index (Phi) is 9.52. The lowest BCUT2D eigenvalue weighted by molar-refractivity contribution is -0.00518. The minimum atomic E-state index is -0.447. The van der Waals surface area contributed by atoms with E-state index in [0.717, 1.165) is 32.5 Å². The minimum Gasteiger partial charge on any atom is -0.444 e. The van der Waals surface area contributed by atoms with Crippen molar-refractivity contribution in [2.24, 2.45) is 5.92 Å². The Hall–Kier alpha value is -0.850. The van der Waals surface area contributed by atoms with Crippen LogP contribution in [0.4, 0.5) is 4.79 Å². The first-order valence-corrected chi connectivity index (χ1v) is 8.63. The Morgan fingerprint density at radius 1 is 1.00 bits per heavy atom. The van der Waals surface area contributed by atoms with Crippen molar-refractivity contribution < 1.29 is 23.7 Å². The van der Waals surface area contributed by atoms with E-state index in [9.17, 15) is 4.79 Å². The van der Waals surface area contributed by atoms with Crippen LogP contribution in [-0.2, 0) is 18.9 Å². The van der Waals surface area contributed by atoms with Crippen molar-refractivity contribution in [2.45, 2.75) is 58.6 Å². The third kappa shape index (κ3) is 10.5. The lowest BCUT2D eigenvalue weighted by Crippen LogP contribution is -2.47.